The highest BCUT2D eigenvalue weighted by atomic mass is 32.2. The largest absolute Gasteiger partial charge is 0.352 e. The molecule has 0 aliphatic heterocycles. The number of benzene rings is 2. The molecule has 0 spiro atoms. The van der Waals surface area contributed by atoms with Gasteiger partial charge in [0.05, 0.1) is 11.9 Å². The van der Waals surface area contributed by atoms with Crippen LogP contribution < -0.4 is 9.62 Å². The molecule has 0 aliphatic rings. The van der Waals surface area contributed by atoms with Crippen LogP contribution in [0.5, 0.6) is 0 Å². The number of amides is 1. The summed E-state index contributed by atoms with van der Waals surface area (Å²) >= 11 is 0. The maximum Gasteiger partial charge on any atom is 0.232 e. The number of nitrogens with one attached hydrogen (secondary N) is 1. The average Bonchev–Trinajstić information content (AvgIpc) is 2.59. The highest BCUT2D eigenvalue weighted by molar-refractivity contribution is 7.92. The molecule has 0 aromatic heterocycles. The fraction of sp³-hybridized carbons (Fsp3) is 0.381. The van der Waals surface area contributed by atoms with E-state index in [-0.39, 0.29) is 24.3 Å². The zero-order valence-corrected chi connectivity index (χ0v) is 17.2. The third kappa shape index (κ3) is 6.10. The van der Waals surface area contributed by atoms with E-state index in [1.54, 1.807) is 6.07 Å². The van der Waals surface area contributed by atoms with Gasteiger partial charge in [-0.15, -0.1) is 0 Å². The van der Waals surface area contributed by atoms with Crippen molar-refractivity contribution in [2.75, 3.05) is 17.1 Å². The third-order valence-electron chi connectivity index (χ3n) is 4.26. The number of hydrogen-bond acceptors (Lipinski definition) is 3. The van der Waals surface area contributed by atoms with Crippen molar-refractivity contribution in [3.05, 3.63) is 65.7 Å². The molecule has 1 N–H and O–H groups in total. The van der Waals surface area contributed by atoms with Crippen LogP contribution in [0.25, 0.3) is 0 Å². The molecule has 0 saturated carbocycles. The van der Waals surface area contributed by atoms with Gasteiger partial charge in [-0.3, -0.25) is 9.10 Å². The quantitative estimate of drug-likeness (QED) is 0.790. The number of sulfonamides is 1. The summed E-state index contributed by atoms with van der Waals surface area (Å²) in [4.78, 5) is 12.2. The first-order valence-electron chi connectivity index (χ1n) is 8.97. The van der Waals surface area contributed by atoms with E-state index in [2.05, 4.69) is 5.32 Å². The van der Waals surface area contributed by atoms with Crippen LogP contribution in [0.15, 0.2) is 54.6 Å². The van der Waals surface area contributed by atoms with Crippen molar-refractivity contribution in [3.63, 3.8) is 0 Å². The lowest BCUT2D eigenvalue weighted by Gasteiger charge is -2.30. The number of hydrogen-bond donors (Lipinski definition) is 1. The molecule has 5 nitrogen and oxygen atoms in total. The van der Waals surface area contributed by atoms with Crippen LogP contribution in [0.2, 0.25) is 0 Å². The van der Waals surface area contributed by atoms with Crippen LogP contribution in [0.1, 0.15) is 38.3 Å². The summed E-state index contributed by atoms with van der Waals surface area (Å²) in [5, 5.41) is 2.84. The Morgan fingerprint density at radius 3 is 2.19 bits per heavy atom. The van der Waals surface area contributed by atoms with E-state index in [4.69, 9.17) is 0 Å². The number of carbonyl (C=O) groups is 1. The molecule has 0 heterocycles. The van der Waals surface area contributed by atoms with Crippen molar-refractivity contribution in [2.45, 2.75) is 39.2 Å². The topological polar surface area (TPSA) is 66.5 Å². The monoisotopic (exact) mass is 388 g/mol. The van der Waals surface area contributed by atoms with Crippen molar-refractivity contribution < 1.29 is 13.2 Å². The Balaban J connectivity index is 2.12. The lowest BCUT2D eigenvalue weighted by Crippen LogP contribution is -2.36. The van der Waals surface area contributed by atoms with Gasteiger partial charge >= 0.3 is 0 Å². The molecule has 1 amide bonds. The van der Waals surface area contributed by atoms with Crippen LogP contribution >= 0.6 is 0 Å². The summed E-state index contributed by atoms with van der Waals surface area (Å²) in [6.07, 6.45) is 1.27. The standard InChI is InChI=1S/C21H28N2O3S/c1-21(2,3)18-12-8-9-13-19(18)23(27(4,25)26)15-14-20(24)22-16-17-10-6-5-7-11-17/h5-13H,14-16H2,1-4H3,(H,22,24). The van der Waals surface area contributed by atoms with Crippen molar-refractivity contribution in [2.24, 2.45) is 0 Å². The number of para-hydroxylation sites is 1. The summed E-state index contributed by atoms with van der Waals surface area (Å²) in [5.74, 6) is -0.180. The second-order valence-electron chi connectivity index (χ2n) is 7.61. The normalized spacial score (nSPS) is 11.9. The molecule has 146 valence electrons. The number of nitrogens with zero attached hydrogens (tertiary/aromatic N) is 1. The molecule has 0 radical (unpaired) electrons. The van der Waals surface area contributed by atoms with Crippen molar-refractivity contribution in [3.8, 4) is 0 Å². The van der Waals surface area contributed by atoms with Gasteiger partial charge < -0.3 is 5.32 Å². The first kappa shape index (κ1) is 21.0. The molecule has 2 rings (SSSR count). The molecule has 0 bridgehead atoms. The van der Waals surface area contributed by atoms with Crippen LogP contribution in [-0.2, 0) is 26.8 Å². The smallest absolute Gasteiger partial charge is 0.232 e. The summed E-state index contributed by atoms with van der Waals surface area (Å²) in [5.41, 5.74) is 2.35. The minimum absolute atomic E-state index is 0.0956. The van der Waals surface area contributed by atoms with Gasteiger partial charge in [0.15, 0.2) is 0 Å². The molecule has 2 aromatic rings. The van der Waals surface area contributed by atoms with Gasteiger partial charge in [0.1, 0.15) is 0 Å². The van der Waals surface area contributed by atoms with E-state index in [0.717, 1.165) is 11.1 Å². The van der Waals surface area contributed by atoms with Gasteiger partial charge in [0.2, 0.25) is 15.9 Å². The maximum atomic E-state index is 12.4. The minimum Gasteiger partial charge on any atom is -0.352 e. The highest BCUT2D eigenvalue weighted by Gasteiger charge is 2.25. The van der Waals surface area contributed by atoms with Crippen molar-refractivity contribution in [1.29, 1.82) is 0 Å². The fourth-order valence-corrected chi connectivity index (χ4v) is 3.82. The zero-order valence-electron chi connectivity index (χ0n) is 16.4. The predicted octanol–water partition coefficient (Wildman–Crippen LogP) is 3.46. The van der Waals surface area contributed by atoms with Gasteiger partial charge in [-0.25, -0.2) is 8.42 Å². The van der Waals surface area contributed by atoms with Crippen molar-refractivity contribution >= 4 is 21.6 Å². The molecule has 0 fully saturated rings. The zero-order chi connectivity index (χ0) is 20.1. The first-order valence-corrected chi connectivity index (χ1v) is 10.8. The van der Waals surface area contributed by atoms with Crippen molar-refractivity contribution in [1.82, 2.24) is 5.32 Å². The Morgan fingerprint density at radius 2 is 1.59 bits per heavy atom. The molecule has 0 atom stereocenters. The Bertz CT molecular complexity index is 872. The fourth-order valence-electron chi connectivity index (χ4n) is 2.88. The molecule has 2 aromatic carbocycles. The Labute approximate surface area is 162 Å². The van der Waals surface area contributed by atoms with E-state index in [1.807, 2.05) is 69.3 Å². The molecular formula is C21H28N2O3S. The van der Waals surface area contributed by atoms with E-state index >= 15 is 0 Å². The first-order chi connectivity index (χ1) is 12.6. The predicted molar refractivity (Wildman–Crippen MR) is 110 cm³/mol. The van der Waals surface area contributed by atoms with E-state index < -0.39 is 10.0 Å². The molecule has 0 unspecified atom stereocenters. The van der Waals surface area contributed by atoms with Gasteiger partial charge in [-0.05, 0) is 22.6 Å². The van der Waals surface area contributed by atoms with Crippen LogP contribution in [0, 0.1) is 0 Å². The van der Waals surface area contributed by atoms with Crippen LogP contribution in [0.4, 0.5) is 5.69 Å². The van der Waals surface area contributed by atoms with E-state index in [1.165, 1.54) is 10.6 Å². The molecule has 0 saturated heterocycles. The summed E-state index contributed by atoms with van der Waals surface area (Å²) in [7, 11) is -3.51. The lowest BCUT2D eigenvalue weighted by atomic mass is 9.86. The summed E-state index contributed by atoms with van der Waals surface area (Å²) in [6, 6.07) is 17.1. The van der Waals surface area contributed by atoms with Gasteiger partial charge in [-0.2, -0.15) is 0 Å². The molecule has 6 heteroatoms. The van der Waals surface area contributed by atoms with Crippen LogP contribution in [0.3, 0.4) is 0 Å². The SMILES string of the molecule is CC(C)(C)c1ccccc1N(CCC(=O)NCc1ccccc1)S(C)(=O)=O. The second-order valence-corrected chi connectivity index (χ2v) is 9.52. The average molecular weight is 389 g/mol. The summed E-state index contributed by atoms with van der Waals surface area (Å²) < 4.78 is 26.1. The Kier molecular flexibility index (Phi) is 6.65. The van der Waals surface area contributed by atoms with Gasteiger partial charge in [0, 0.05) is 19.5 Å². The number of rotatable bonds is 7. The maximum absolute atomic E-state index is 12.4. The Hall–Kier alpha value is -2.34. The second kappa shape index (κ2) is 8.57. The lowest BCUT2D eigenvalue weighted by molar-refractivity contribution is -0.121. The van der Waals surface area contributed by atoms with Gasteiger partial charge in [0.25, 0.3) is 0 Å². The Morgan fingerprint density at radius 1 is 1.00 bits per heavy atom. The van der Waals surface area contributed by atoms with Gasteiger partial charge in [-0.1, -0.05) is 69.3 Å². The summed E-state index contributed by atoms with van der Waals surface area (Å²) in [6.45, 7) is 6.65. The number of anilines is 1. The van der Waals surface area contributed by atoms with E-state index in [9.17, 15) is 13.2 Å². The third-order valence-corrected chi connectivity index (χ3v) is 5.44. The molecule has 27 heavy (non-hydrogen) atoms. The molecular weight excluding hydrogens is 360 g/mol. The van der Waals surface area contributed by atoms with E-state index in [0.29, 0.717) is 12.2 Å². The number of carbonyl (C=O) groups excluding carboxylic acids is 1. The highest BCUT2D eigenvalue weighted by Crippen LogP contribution is 2.33. The van der Waals surface area contributed by atoms with Crippen LogP contribution in [-0.4, -0.2) is 27.1 Å². The molecule has 0 aliphatic carbocycles. The minimum atomic E-state index is -3.51.